The van der Waals surface area contributed by atoms with E-state index in [1.165, 1.54) is 0 Å². The van der Waals surface area contributed by atoms with Gasteiger partial charge < -0.3 is 4.90 Å². The highest BCUT2D eigenvalue weighted by Gasteiger charge is 2.49. The summed E-state index contributed by atoms with van der Waals surface area (Å²) in [6.45, 7) is 6.57. The van der Waals surface area contributed by atoms with Gasteiger partial charge in [0.05, 0.1) is 11.4 Å². The lowest BCUT2D eigenvalue weighted by atomic mass is 9.95. The first-order valence-corrected chi connectivity index (χ1v) is 7.55. The molecule has 114 valence electrons. The minimum Gasteiger partial charge on any atom is -0.329 e. The number of anilines is 1. The lowest BCUT2D eigenvalue weighted by Gasteiger charge is -2.43. The summed E-state index contributed by atoms with van der Waals surface area (Å²) in [5.74, 6) is 0.194. The van der Waals surface area contributed by atoms with Crippen LogP contribution in [-0.2, 0) is 16.6 Å². The van der Waals surface area contributed by atoms with Gasteiger partial charge in [0.25, 0.3) is 5.91 Å². The molecular formula is C15H22N4O2. The Labute approximate surface area is 124 Å². The van der Waals surface area contributed by atoms with Gasteiger partial charge in [-0.15, -0.1) is 0 Å². The zero-order valence-electron chi connectivity index (χ0n) is 13.0. The van der Waals surface area contributed by atoms with E-state index in [2.05, 4.69) is 5.10 Å². The van der Waals surface area contributed by atoms with Crippen LogP contribution in [-0.4, -0.2) is 45.1 Å². The van der Waals surface area contributed by atoms with Crippen LogP contribution in [0.5, 0.6) is 0 Å². The van der Waals surface area contributed by atoms with Crippen LogP contribution in [0.2, 0.25) is 0 Å². The third kappa shape index (κ3) is 2.04. The smallest absolute Gasteiger partial charge is 0.250 e. The van der Waals surface area contributed by atoms with E-state index in [9.17, 15) is 9.59 Å². The van der Waals surface area contributed by atoms with Gasteiger partial charge in [0.1, 0.15) is 12.1 Å². The summed E-state index contributed by atoms with van der Waals surface area (Å²) in [5.41, 5.74) is 1.55. The van der Waals surface area contributed by atoms with Crippen LogP contribution in [0.1, 0.15) is 32.4 Å². The van der Waals surface area contributed by atoms with E-state index in [0.29, 0.717) is 6.54 Å². The maximum atomic E-state index is 12.9. The Morgan fingerprint density at radius 2 is 2.00 bits per heavy atom. The van der Waals surface area contributed by atoms with Gasteiger partial charge in [0.2, 0.25) is 5.91 Å². The standard InChI is InChI=1S/C15H22N4O2/c1-9(2)13-15(21)18-7-5-6-11(18)14(20)19(13)12-8-17(4)16-10(12)3/h8-9,11,13H,5-7H2,1-4H3. The molecule has 1 aromatic heterocycles. The van der Waals surface area contributed by atoms with Crippen molar-refractivity contribution in [2.24, 2.45) is 13.0 Å². The predicted molar refractivity (Wildman–Crippen MR) is 78.8 cm³/mol. The van der Waals surface area contributed by atoms with Crippen molar-refractivity contribution >= 4 is 17.5 Å². The van der Waals surface area contributed by atoms with Crippen LogP contribution in [0.3, 0.4) is 0 Å². The Morgan fingerprint density at radius 3 is 2.57 bits per heavy atom. The van der Waals surface area contributed by atoms with Gasteiger partial charge >= 0.3 is 0 Å². The molecule has 2 atom stereocenters. The number of hydrogen-bond donors (Lipinski definition) is 0. The molecule has 3 rings (SSSR count). The molecule has 0 N–H and O–H groups in total. The number of carbonyl (C=O) groups is 2. The molecule has 0 bridgehead atoms. The molecule has 3 heterocycles. The fraction of sp³-hybridized carbons (Fsp3) is 0.667. The summed E-state index contributed by atoms with van der Waals surface area (Å²) < 4.78 is 1.70. The normalized spacial score (nSPS) is 26.0. The summed E-state index contributed by atoms with van der Waals surface area (Å²) in [6, 6.07) is -0.707. The molecule has 6 heteroatoms. The number of fused-ring (bicyclic) bond motifs is 1. The van der Waals surface area contributed by atoms with Crippen LogP contribution in [0.25, 0.3) is 0 Å². The number of rotatable bonds is 2. The van der Waals surface area contributed by atoms with Crippen LogP contribution in [0.4, 0.5) is 5.69 Å². The molecule has 0 spiro atoms. The van der Waals surface area contributed by atoms with Gasteiger partial charge in [-0.25, -0.2) is 0 Å². The average Bonchev–Trinajstić information content (AvgIpc) is 3.00. The third-order valence-corrected chi connectivity index (χ3v) is 4.47. The SMILES string of the molecule is Cc1nn(C)cc1N1C(=O)C2CCCN2C(=O)C1C(C)C. The molecule has 2 fully saturated rings. The lowest BCUT2D eigenvalue weighted by molar-refractivity contribution is -0.145. The van der Waals surface area contributed by atoms with Gasteiger partial charge in [-0.05, 0) is 25.7 Å². The van der Waals surface area contributed by atoms with Crippen LogP contribution in [0, 0.1) is 12.8 Å². The number of nitrogens with zero attached hydrogens (tertiary/aromatic N) is 4. The lowest BCUT2D eigenvalue weighted by Crippen LogP contribution is -2.64. The van der Waals surface area contributed by atoms with E-state index in [-0.39, 0.29) is 23.8 Å². The molecule has 2 saturated heterocycles. The monoisotopic (exact) mass is 290 g/mol. The molecule has 21 heavy (non-hydrogen) atoms. The third-order valence-electron chi connectivity index (χ3n) is 4.47. The van der Waals surface area contributed by atoms with E-state index in [1.54, 1.807) is 14.5 Å². The Bertz CT molecular complexity index is 592. The number of piperazine rings is 1. The van der Waals surface area contributed by atoms with Gasteiger partial charge in [0.15, 0.2) is 0 Å². The van der Waals surface area contributed by atoms with E-state index in [0.717, 1.165) is 24.2 Å². The van der Waals surface area contributed by atoms with Crippen LogP contribution >= 0.6 is 0 Å². The van der Waals surface area contributed by atoms with Crippen molar-refractivity contribution in [1.82, 2.24) is 14.7 Å². The van der Waals surface area contributed by atoms with E-state index >= 15 is 0 Å². The Balaban J connectivity index is 2.08. The molecule has 0 radical (unpaired) electrons. The molecule has 2 amide bonds. The summed E-state index contributed by atoms with van der Waals surface area (Å²) in [6.07, 6.45) is 3.51. The average molecular weight is 290 g/mol. The van der Waals surface area contributed by atoms with Gasteiger partial charge in [0, 0.05) is 19.8 Å². The molecule has 1 aromatic rings. The molecule has 0 aromatic carbocycles. The van der Waals surface area contributed by atoms with Crippen molar-refractivity contribution in [3.05, 3.63) is 11.9 Å². The van der Waals surface area contributed by atoms with E-state index < -0.39 is 6.04 Å². The number of aromatic nitrogens is 2. The van der Waals surface area contributed by atoms with Crippen molar-refractivity contribution < 1.29 is 9.59 Å². The quantitative estimate of drug-likeness (QED) is 0.819. The van der Waals surface area contributed by atoms with Crippen LogP contribution < -0.4 is 4.90 Å². The summed E-state index contributed by atoms with van der Waals surface area (Å²) >= 11 is 0. The second kappa shape index (κ2) is 4.86. The van der Waals surface area contributed by atoms with Crippen molar-refractivity contribution in [2.75, 3.05) is 11.4 Å². The molecule has 2 aliphatic heterocycles. The van der Waals surface area contributed by atoms with Crippen molar-refractivity contribution in [3.8, 4) is 0 Å². The highest BCUT2D eigenvalue weighted by molar-refractivity contribution is 6.09. The molecule has 0 aliphatic carbocycles. The zero-order chi connectivity index (χ0) is 15.3. The van der Waals surface area contributed by atoms with Crippen molar-refractivity contribution in [2.45, 2.75) is 45.7 Å². The Hall–Kier alpha value is -1.85. The fourth-order valence-corrected chi connectivity index (χ4v) is 3.54. The molecule has 0 saturated carbocycles. The first-order chi connectivity index (χ1) is 9.91. The maximum absolute atomic E-state index is 12.9. The van der Waals surface area contributed by atoms with Gasteiger partial charge in [-0.3, -0.25) is 19.2 Å². The molecule has 2 unspecified atom stereocenters. The Kier molecular flexibility index (Phi) is 3.26. The Morgan fingerprint density at radius 1 is 1.29 bits per heavy atom. The highest BCUT2D eigenvalue weighted by atomic mass is 16.2. The van der Waals surface area contributed by atoms with Gasteiger partial charge in [-0.2, -0.15) is 5.10 Å². The molecule has 2 aliphatic rings. The number of hydrogen-bond acceptors (Lipinski definition) is 3. The predicted octanol–water partition coefficient (Wildman–Crippen LogP) is 1.09. The van der Waals surface area contributed by atoms with Crippen molar-refractivity contribution in [3.63, 3.8) is 0 Å². The highest BCUT2D eigenvalue weighted by Crippen LogP contribution is 2.34. The summed E-state index contributed by atoms with van der Waals surface area (Å²) in [4.78, 5) is 29.2. The van der Waals surface area contributed by atoms with E-state index in [4.69, 9.17) is 0 Å². The maximum Gasteiger partial charge on any atom is 0.250 e. The zero-order valence-corrected chi connectivity index (χ0v) is 13.0. The fourth-order valence-electron chi connectivity index (χ4n) is 3.54. The summed E-state index contributed by atoms with van der Waals surface area (Å²) in [7, 11) is 1.83. The van der Waals surface area contributed by atoms with E-state index in [1.807, 2.05) is 34.0 Å². The number of amides is 2. The first-order valence-electron chi connectivity index (χ1n) is 7.55. The van der Waals surface area contributed by atoms with Gasteiger partial charge in [-0.1, -0.05) is 13.8 Å². The molecule has 6 nitrogen and oxygen atoms in total. The first kappa shape index (κ1) is 14.1. The van der Waals surface area contributed by atoms with Crippen molar-refractivity contribution in [1.29, 1.82) is 0 Å². The number of carbonyl (C=O) groups excluding carboxylic acids is 2. The number of aryl methyl sites for hydroxylation is 2. The minimum absolute atomic E-state index is 0.0434. The van der Waals surface area contributed by atoms with Crippen LogP contribution in [0.15, 0.2) is 6.20 Å². The summed E-state index contributed by atoms with van der Waals surface area (Å²) in [5, 5.41) is 4.32. The topological polar surface area (TPSA) is 58.4 Å². The second-order valence-corrected chi connectivity index (χ2v) is 6.36. The largest absolute Gasteiger partial charge is 0.329 e. The minimum atomic E-state index is -0.422. The molecular weight excluding hydrogens is 268 g/mol. The second-order valence-electron chi connectivity index (χ2n) is 6.36.